The van der Waals surface area contributed by atoms with Gasteiger partial charge in [-0.2, -0.15) is 4.31 Å². The molecule has 10 heteroatoms. The Balaban J connectivity index is 1.63. The Morgan fingerprint density at radius 3 is 2.32 bits per heavy atom. The number of hydrogen-bond acceptors (Lipinski definition) is 4. The van der Waals surface area contributed by atoms with Crippen molar-refractivity contribution in [3.63, 3.8) is 0 Å². The van der Waals surface area contributed by atoms with Gasteiger partial charge in [0, 0.05) is 32.2 Å². The predicted octanol–water partition coefficient (Wildman–Crippen LogP) is 0.689. The van der Waals surface area contributed by atoms with Crippen LogP contribution in [0, 0.1) is 17.5 Å². The highest BCUT2D eigenvalue weighted by Crippen LogP contribution is 2.24. The molecular weight excluding hydrogens is 359 g/mol. The quantitative estimate of drug-likeness (QED) is 0.767. The number of carbonyl (C=O) groups excluding carboxylic acids is 1. The van der Waals surface area contributed by atoms with Crippen LogP contribution in [0.4, 0.5) is 13.2 Å². The molecule has 1 aromatic rings. The fourth-order valence-electron chi connectivity index (χ4n) is 2.68. The van der Waals surface area contributed by atoms with Gasteiger partial charge < -0.3 is 5.32 Å². The summed E-state index contributed by atoms with van der Waals surface area (Å²) < 4.78 is 66.0. The van der Waals surface area contributed by atoms with Gasteiger partial charge >= 0.3 is 0 Å². The van der Waals surface area contributed by atoms with E-state index in [1.54, 1.807) is 4.90 Å². The highest BCUT2D eigenvalue weighted by molar-refractivity contribution is 7.89. The van der Waals surface area contributed by atoms with E-state index in [-0.39, 0.29) is 31.6 Å². The number of benzene rings is 1. The second kappa shape index (κ2) is 6.93. The maximum absolute atomic E-state index is 13.8. The Labute approximate surface area is 143 Å². The minimum atomic E-state index is -4.27. The summed E-state index contributed by atoms with van der Waals surface area (Å²) in [5.41, 5.74) is 0. The lowest BCUT2D eigenvalue weighted by Gasteiger charge is -2.33. The molecule has 0 radical (unpaired) electrons. The number of nitrogens with one attached hydrogen (secondary N) is 1. The third-order valence-corrected chi connectivity index (χ3v) is 6.17. The predicted molar refractivity (Wildman–Crippen MR) is 82.7 cm³/mol. The molecule has 0 aromatic heterocycles. The lowest BCUT2D eigenvalue weighted by atomic mass is 10.3. The highest BCUT2D eigenvalue weighted by atomic mass is 32.2. The molecule has 25 heavy (non-hydrogen) atoms. The third kappa shape index (κ3) is 3.96. The minimum Gasteiger partial charge on any atom is -0.352 e. The van der Waals surface area contributed by atoms with Crippen molar-refractivity contribution >= 4 is 15.9 Å². The summed E-state index contributed by atoms with van der Waals surface area (Å²) >= 11 is 0. The fourth-order valence-corrected chi connectivity index (χ4v) is 4.16. The van der Waals surface area contributed by atoms with Crippen molar-refractivity contribution in [1.82, 2.24) is 14.5 Å². The fraction of sp³-hybridized carbons (Fsp3) is 0.533. The largest absolute Gasteiger partial charge is 0.352 e. The van der Waals surface area contributed by atoms with Crippen LogP contribution in [0.5, 0.6) is 0 Å². The summed E-state index contributed by atoms with van der Waals surface area (Å²) in [6.45, 7) is 0.837. The van der Waals surface area contributed by atoms with E-state index in [0.717, 1.165) is 23.2 Å². The van der Waals surface area contributed by atoms with Gasteiger partial charge in [-0.3, -0.25) is 9.69 Å². The zero-order valence-electron chi connectivity index (χ0n) is 13.3. The average molecular weight is 377 g/mol. The van der Waals surface area contributed by atoms with E-state index in [0.29, 0.717) is 19.2 Å². The summed E-state index contributed by atoms with van der Waals surface area (Å²) in [6, 6.07) is 1.56. The second-order valence-corrected chi connectivity index (χ2v) is 8.10. The summed E-state index contributed by atoms with van der Waals surface area (Å²) in [6.07, 6.45) is 1.97. The van der Waals surface area contributed by atoms with E-state index >= 15 is 0 Å². The molecule has 3 rings (SSSR count). The first-order valence-corrected chi connectivity index (χ1v) is 9.38. The first-order valence-electron chi connectivity index (χ1n) is 7.94. The van der Waals surface area contributed by atoms with Crippen LogP contribution in [-0.4, -0.2) is 62.3 Å². The number of rotatable bonds is 5. The number of amides is 1. The van der Waals surface area contributed by atoms with E-state index in [1.165, 1.54) is 0 Å². The number of piperazine rings is 1. The molecule has 1 saturated carbocycles. The molecule has 6 nitrogen and oxygen atoms in total. The molecule has 1 heterocycles. The van der Waals surface area contributed by atoms with Crippen molar-refractivity contribution in [2.24, 2.45) is 0 Å². The smallest absolute Gasteiger partial charge is 0.246 e. The normalized spacial score (nSPS) is 19.8. The highest BCUT2D eigenvalue weighted by Gasteiger charge is 2.33. The average Bonchev–Trinajstić information content (AvgIpc) is 3.36. The zero-order chi connectivity index (χ0) is 18.2. The Morgan fingerprint density at radius 1 is 1.08 bits per heavy atom. The molecule has 1 aliphatic heterocycles. The summed E-state index contributed by atoms with van der Waals surface area (Å²) in [5, 5.41) is 2.85. The number of halogens is 3. The van der Waals surface area contributed by atoms with Gasteiger partial charge in [0.2, 0.25) is 15.9 Å². The molecule has 1 aromatic carbocycles. The van der Waals surface area contributed by atoms with Crippen LogP contribution < -0.4 is 5.32 Å². The maximum Gasteiger partial charge on any atom is 0.246 e. The van der Waals surface area contributed by atoms with Crippen LogP contribution in [0.2, 0.25) is 0 Å². The third-order valence-electron chi connectivity index (χ3n) is 4.26. The molecule has 1 N–H and O–H groups in total. The van der Waals surface area contributed by atoms with Gasteiger partial charge in [0.15, 0.2) is 17.5 Å². The van der Waals surface area contributed by atoms with Gasteiger partial charge in [-0.05, 0) is 25.0 Å². The number of nitrogens with zero attached hydrogens (tertiary/aromatic N) is 2. The lowest BCUT2D eigenvalue weighted by molar-refractivity contribution is -0.122. The van der Waals surface area contributed by atoms with Crippen molar-refractivity contribution in [1.29, 1.82) is 0 Å². The summed E-state index contributed by atoms with van der Waals surface area (Å²) in [5.74, 6) is -5.07. The SMILES string of the molecule is O=C(CN1CCN(S(=O)(=O)c2ccc(F)c(F)c2F)CC1)NC1CC1. The number of hydrogen-bond donors (Lipinski definition) is 1. The first kappa shape index (κ1) is 18.2. The summed E-state index contributed by atoms with van der Waals surface area (Å²) in [4.78, 5) is 12.7. The molecule has 1 amide bonds. The Morgan fingerprint density at radius 2 is 1.72 bits per heavy atom. The van der Waals surface area contributed by atoms with Crippen molar-refractivity contribution in [3.05, 3.63) is 29.6 Å². The molecule has 0 atom stereocenters. The first-order chi connectivity index (χ1) is 11.8. The van der Waals surface area contributed by atoms with Crippen molar-refractivity contribution in [2.45, 2.75) is 23.8 Å². The van der Waals surface area contributed by atoms with Gasteiger partial charge in [-0.15, -0.1) is 0 Å². The zero-order valence-corrected chi connectivity index (χ0v) is 14.2. The molecule has 0 spiro atoms. The van der Waals surface area contributed by atoms with Crippen LogP contribution >= 0.6 is 0 Å². The van der Waals surface area contributed by atoms with Crippen molar-refractivity contribution in [2.75, 3.05) is 32.7 Å². The maximum atomic E-state index is 13.8. The van der Waals surface area contributed by atoms with Crippen molar-refractivity contribution in [3.8, 4) is 0 Å². The Bertz CT molecular complexity index is 776. The molecule has 0 bridgehead atoms. The van der Waals surface area contributed by atoms with E-state index in [2.05, 4.69) is 5.32 Å². The standard InChI is InChI=1S/C15H18F3N3O3S/c16-11-3-4-12(15(18)14(11)17)25(23,24)21-7-5-20(6-8-21)9-13(22)19-10-1-2-10/h3-4,10H,1-2,5-9H2,(H,19,22). The van der Waals surface area contributed by atoms with Crippen LogP contribution in [-0.2, 0) is 14.8 Å². The molecule has 1 aliphatic carbocycles. The van der Waals surface area contributed by atoms with E-state index in [9.17, 15) is 26.4 Å². The Kier molecular flexibility index (Phi) is 5.03. The van der Waals surface area contributed by atoms with Gasteiger partial charge in [0.05, 0.1) is 6.54 Å². The number of sulfonamides is 1. The van der Waals surface area contributed by atoms with Crippen LogP contribution in [0.3, 0.4) is 0 Å². The van der Waals surface area contributed by atoms with Crippen molar-refractivity contribution < 1.29 is 26.4 Å². The molecular formula is C15H18F3N3O3S. The molecule has 2 fully saturated rings. The van der Waals surface area contributed by atoms with Crippen LogP contribution in [0.1, 0.15) is 12.8 Å². The van der Waals surface area contributed by atoms with Gasteiger partial charge in [-0.25, -0.2) is 21.6 Å². The van der Waals surface area contributed by atoms with Crippen LogP contribution in [0.15, 0.2) is 17.0 Å². The van der Waals surface area contributed by atoms with E-state index in [4.69, 9.17) is 0 Å². The minimum absolute atomic E-state index is 0.0392. The van der Waals surface area contributed by atoms with E-state index < -0.39 is 32.4 Å². The molecule has 1 saturated heterocycles. The topological polar surface area (TPSA) is 69.7 Å². The monoisotopic (exact) mass is 377 g/mol. The lowest BCUT2D eigenvalue weighted by Crippen LogP contribution is -2.51. The van der Waals surface area contributed by atoms with Gasteiger partial charge in [0.1, 0.15) is 4.90 Å². The van der Waals surface area contributed by atoms with Gasteiger partial charge in [-0.1, -0.05) is 0 Å². The summed E-state index contributed by atoms with van der Waals surface area (Å²) in [7, 11) is -4.27. The number of carbonyl (C=O) groups is 1. The van der Waals surface area contributed by atoms with Crippen LogP contribution in [0.25, 0.3) is 0 Å². The Hall–Kier alpha value is -1.65. The van der Waals surface area contributed by atoms with Gasteiger partial charge in [0.25, 0.3) is 0 Å². The molecule has 138 valence electrons. The van der Waals surface area contributed by atoms with E-state index in [1.807, 2.05) is 0 Å². The molecule has 2 aliphatic rings. The molecule has 0 unspecified atom stereocenters. The second-order valence-electron chi connectivity index (χ2n) is 6.20.